The number of nitrogens with one attached hydrogen (secondary N) is 1. The minimum Gasteiger partial charge on any atom is -0.482 e. The molecule has 7 nitrogen and oxygen atoms in total. The molecular weight excluding hydrogens is 388 g/mol. The van der Waals surface area contributed by atoms with Crippen molar-refractivity contribution in [1.82, 2.24) is 14.9 Å². The molecular formula is C21H26N4O3S. The quantitative estimate of drug-likeness (QED) is 0.814. The van der Waals surface area contributed by atoms with Crippen molar-refractivity contribution in [1.29, 1.82) is 0 Å². The van der Waals surface area contributed by atoms with Crippen LogP contribution in [0.5, 0.6) is 5.75 Å². The average molecular weight is 415 g/mol. The van der Waals surface area contributed by atoms with Crippen molar-refractivity contribution in [3.8, 4) is 5.75 Å². The molecule has 0 spiro atoms. The maximum absolute atomic E-state index is 12.6. The molecule has 0 radical (unpaired) electrons. The molecule has 1 fully saturated rings. The van der Waals surface area contributed by atoms with E-state index in [1.807, 2.05) is 60.9 Å². The first-order valence-electron chi connectivity index (χ1n) is 9.97. The second kappa shape index (κ2) is 8.49. The lowest BCUT2D eigenvalue weighted by Gasteiger charge is -2.31. The van der Waals surface area contributed by atoms with Gasteiger partial charge in [-0.2, -0.15) is 0 Å². The molecule has 1 aliphatic heterocycles. The van der Waals surface area contributed by atoms with E-state index < -0.39 is 0 Å². The summed E-state index contributed by atoms with van der Waals surface area (Å²) in [5.41, 5.74) is 1.70. The fourth-order valence-electron chi connectivity index (χ4n) is 3.84. The number of benzene rings is 1. The Morgan fingerprint density at radius 3 is 2.83 bits per heavy atom. The number of thioether (sulfide) groups is 1. The van der Waals surface area contributed by atoms with Gasteiger partial charge in [-0.3, -0.25) is 14.5 Å². The first-order valence-corrected chi connectivity index (χ1v) is 10.8. The van der Waals surface area contributed by atoms with Crippen molar-refractivity contribution in [2.24, 2.45) is 7.05 Å². The maximum atomic E-state index is 12.6. The van der Waals surface area contributed by atoms with Crippen LogP contribution in [0.3, 0.4) is 0 Å². The summed E-state index contributed by atoms with van der Waals surface area (Å²) < 4.78 is 7.52. The van der Waals surface area contributed by atoms with E-state index in [9.17, 15) is 9.59 Å². The SMILES string of the molecule is Cc1ccc2c(c1)N(CC(=O)NC1CCC(Sc3nccn3C)CC1)C(=O)CO2. The zero-order chi connectivity index (χ0) is 20.4. The van der Waals surface area contributed by atoms with Gasteiger partial charge in [0.25, 0.3) is 5.91 Å². The molecule has 0 bridgehead atoms. The van der Waals surface area contributed by atoms with Crippen molar-refractivity contribution in [3.63, 3.8) is 0 Å². The third-order valence-electron chi connectivity index (χ3n) is 5.45. The Morgan fingerprint density at radius 1 is 1.31 bits per heavy atom. The topological polar surface area (TPSA) is 76.5 Å². The molecule has 154 valence electrons. The monoisotopic (exact) mass is 414 g/mol. The van der Waals surface area contributed by atoms with Crippen LogP contribution in [0.1, 0.15) is 31.2 Å². The van der Waals surface area contributed by atoms with Gasteiger partial charge in [0.2, 0.25) is 5.91 Å². The highest BCUT2D eigenvalue weighted by Crippen LogP contribution is 2.34. The van der Waals surface area contributed by atoms with Crippen LogP contribution < -0.4 is 15.0 Å². The number of fused-ring (bicyclic) bond motifs is 1. The van der Waals surface area contributed by atoms with E-state index in [0.717, 1.165) is 36.4 Å². The molecule has 0 atom stereocenters. The normalized spacial score (nSPS) is 21.4. The molecule has 29 heavy (non-hydrogen) atoms. The molecule has 1 aromatic carbocycles. The van der Waals surface area contributed by atoms with Gasteiger partial charge in [0, 0.05) is 30.7 Å². The van der Waals surface area contributed by atoms with Crippen LogP contribution in [0.15, 0.2) is 35.7 Å². The van der Waals surface area contributed by atoms with E-state index in [2.05, 4.69) is 10.3 Å². The van der Waals surface area contributed by atoms with Crippen molar-refractivity contribution >= 4 is 29.3 Å². The van der Waals surface area contributed by atoms with Crippen LogP contribution in [-0.4, -0.2) is 45.8 Å². The number of anilines is 1. The summed E-state index contributed by atoms with van der Waals surface area (Å²) in [4.78, 5) is 30.9. The van der Waals surface area contributed by atoms with Crippen LogP contribution in [0, 0.1) is 6.92 Å². The van der Waals surface area contributed by atoms with Crippen molar-refractivity contribution in [3.05, 3.63) is 36.2 Å². The highest BCUT2D eigenvalue weighted by Gasteiger charge is 2.29. The summed E-state index contributed by atoms with van der Waals surface area (Å²) in [5, 5.41) is 4.69. The summed E-state index contributed by atoms with van der Waals surface area (Å²) in [6.07, 6.45) is 7.75. The van der Waals surface area contributed by atoms with Crippen LogP contribution >= 0.6 is 11.8 Å². The molecule has 8 heteroatoms. The number of imidazole rings is 1. The predicted molar refractivity (Wildman–Crippen MR) is 112 cm³/mol. The predicted octanol–water partition coefficient (Wildman–Crippen LogP) is 2.67. The summed E-state index contributed by atoms with van der Waals surface area (Å²) in [7, 11) is 2.01. The Labute approximate surface area is 174 Å². The fourth-order valence-corrected chi connectivity index (χ4v) is 5.00. The second-order valence-electron chi connectivity index (χ2n) is 7.72. The van der Waals surface area contributed by atoms with Crippen molar-refractivity contribution < 1.29 is 14.3 Å². The molecule has 1 saturated carbocycles. The van der Waals surface area contributed by atoms with Crippen molar-refractivity contribution in [2.45, 2.75) is 49.1 Å². The summed E-state index contributed by atoms with van der Waals surface area (Å²) in [6.45, 7) is 1.96. The highest BCUT2D eigenvalue weighted by molar-refractivity contribution is 7.99. The minimum absolute atomic E-state index is 0.0284. The standard InChI is InChI=1S/C21H26N4O3S/c1-14-3-8-18-17(11-14)25(20(27)13-28-18)12-19(26)23-15-4-6-16(7-5-15)29-21-22-9-10-24(21)2/h3,8-11,15-16H,4-7,12-13H2,1-2H3,(H,23,26). The van der Waals surface area contributed by atoms with Gasteiger partial charge < -0.3 is 14.6 Å². The van der Waals surface area contributed by atoms with Gasteiger partial charge in [-0.1, -0.05) is 17.8 Å². The summed E-state index contributed by atoms with van der Waals surface area (Å²) in [5.74, 6) is 0.344. The molecule has 0 unspecified atom stereocenters. The van der Waals surface area contributed by atoms with Crippen LogP contribution in [0.2, 0.25) is 0 Å². The molecule has 1 aromatic heterocycles. The smallest absolute Gasteiger partial charge is 0.265 e. The molecule has 4 rings (SSSR count). The zero-order valence-corrected chi connectivity index (χ0v) is 17.6. The first kappa shape index (κ1) is 19.8. The van der Waals surface area contributed by atoms with Gasteiger partial charge in [0.05, 0.1) is 5.69 Å². The average Bonchev–Trinajstić information content (AvgIpc) is 3.10. The summed E-state index contributed by atoms with van der Waals surface area (Å²) >= 11 is 1.81. The van der Waals surface area contributed by atoms with Crippen LogP contribution in [0.25, 0.3) is 0 Å². The molecule has 2 aromatic rings. The van der Waals surface area contributed by atoms with Gasteiger partial charge >= 0.3 is 0 Å². The van der Waals surface area contributed by atoms with E-state index in [1.54, 1.807) is 0 Å². The Kier molecular flexibility index (Phi) is 5.80. The number of ether oxygens (including phenoxy) is 1. The third kappa shape index (κ3) is 4.58. The molecule has 2 amide bonds. The lowest BCUT2D eigenvalue weighted by Crippen LogP contribution is -2.48. The Morgan fingerprint density at radius 2 is 2.10 bits per heavy atom. The third-order valence-corrected chi connectivity index (χ3v) is 6.86. The lowest BCUT2D eigenvalue weighted by atomic mass is 9.95. The van der Waals surface area contributed by atoms with Gasteiger partial charge in [0.15, 0.2) is 11.8 Å². The number of hydrogen-bond donors (Lipinski definition) is 1. The largest absolute Gasteiger partial charge is 0.482 e. The Balaban J connectivity index is 1.30. The Hall–Kier alpha value is -2.48. The number of carbonyl (C=O) groups is 2. The Bertz CT molecular complexity index is 905. The number of hydrogen-bond acceptors (Lipinski definition) is 5. The van der Waals surface area contributed by atoms with E-state index >= 15 is 0 Å². The van der Waals surface area contributed by atoms with Crippen LogP contribution in [0.4, 0.5) is 5.69 Å². The number of aryl methyl sites for hydroxylation is 2. The van der Waals surface area contributed by atoms with E-state index in [1.165, 1.54) is 4.90 Å². The number of carbonyl (C=O) groups excluding carboxylic acids is 2. The molecule has 0 saturated heterocycles. The highest BCUT2D eigenvalue weighted by atomic mass is 32.2. The minimum atomic E-state index is -0.187. The van der Waals surface area contributed by atoms with Crippen molar-refractivity contribution in [2.75, 3.05) is 18.1 Å². The zero-order valence-electron chi connectivity index (χ0n) is 16.8. The maximum Gasteiger partial charge on any atom is 0.265 e. The van der Waals surface area contributed by atoms with Gasteiger partial charge in [-0.25, -0.2) is 4.98 Å². The molecule has 1 N–H and O–H groups in total. The van der Waals surface area contributed by atoms with Gasteiger partial charge in [0.1, 0.15) is 12.3 Å². The number of rotatable bonds is 5. The van der Waals surface area contributed by atoms with Gasteiger partial charge in [-0.15, -0.1) is 0 Å². The van der Waals surface area contributed by atoms with E-state index in [-0.39, 0.29) is 31.0 Å². The first-order chi connectivity index (χ1) is 14.0. The second-order valence-corrected chi connectivity index (χ2v) is 8.99. The lowest BCUT2D eigenvalue weighted by molar-refractivity contribution is -0.125. The fraction of sp³-hybridized carbons (Fsp3) is 0.476. The number of aromatic nitrogens is 2. The number of nitrogens with zero attached hydrogens (tertiary/aromatic N) is 3. The molecule has 2 aliphatic rings. The van der Waals surface area contributed by atoms with E-state index in [0.29, 0.717) is 16.7 Å². The number of amides is 2. The molecule has 1 aliphatic carbocycles. The van der Waals surface area contributed by atoms with Crippen LogP contribution in [-0.2, 0) is 16.6 Å². The molecule has 2 heterocycles. The summed E-state index contributed by atoms with van der Waals surface area (Å²) in [6, 6.07) is 5.84. The van der Waals surface area contributed by atoms with Gasteiger partial charge in [-0.05, 0) is 50.3 Å². The van der Waals surface area contributed by atoms with E-state index in [4.69, 9.17) is 4.74 Å².